The largest absolute Gasteiger partial charge is 0.378 e. The molecule has 0 atom stereocenters. The average Bonchev–Trinajstić information content (AvgIpc) is 3.08. The summed E-state index contributed by atoms with van der Waals surface area (Å²) in [5, 5.41) is 9.49. The summed E-state index contributed by atoms with van der Waals surface area (Å²) in [6.45, 7) is 2.91. The Morgan fingerprint density at radius 2 is 2.00 bits per heavy atom. The van der Waals surface area contributed by atoms with Gasteiger partial charge in [0.15, 0.2) is 0 Å². The predicted molar refractivity (Wildman–Crippen MR) is 72.8 cm³/mol. The van der Waals surface area contributed by atoms with Gasteiger partial charge in [-0.1, -0.05) is 15.9 Å². The number of rotatable bonds is 6. The maximum atomic E-state index is 5.61. The Kier molecular flexibility index (Phi) is 3.71. The summed E-state index contributed by atoms with van der Waals surface area (Å²) >= 11 is 3.50. The van der Waals surface area contributed by atoms with Crippen molar-refractivity contribution in [3.05, 3.63) is 11.6 Å². The zero-order valence-corrected chi connectivity index (χ0v) is 12.4. The van der Waals surface area contributed by atoms with Gasteiger partial charge < -0.3 is 9.30 Å². The van der Waals surface area contributed by atoms with Crippen LogP contribution in [0.5, 0.6) is 0 Å². The van der Waals surface area contributed by atoms with E-state index in [1.165, 1.54) is 31.5 Å². The third kappa shape index (κ3) is 2.48. The molecule has 0 amide bonds. The first-order valence-corrected chi connectivity index (χ1v) is 8.04. The monoisotopic (exact) mass is 313 g/mol. The molecular weight excluding hydrogens is 294 g/mol. The fourth-order valence-corrected chi connectivity index (χ4v) is 3.20. The van der Waals surface area contributed by atoms with Crippen molar-refractivity contribution in [1.29, 1.82) is 0 Å². The minimum atomic E-state index is 0.493. The van der Waals surface area contributed by atoms with E-state index >= 15 is 0 Å². The van der Waals surface area contributed by atoms with Crippen molar-refractivity contribution in [3.63, 3.8) is 0 Å². The van der Waals surface area contributed by atoms with Gasteiger partial charge in [0.25, 0.3) is 0 Å². The second kappa shape index (κ2) is 5.29. The van der Waals surface area contributed by atoms with Crippen molar-refractivity contribution in [1.82, 2.24) is 14.8 Å². The summed E-state index contributed by atoms with van der Waals surface area (Å²) in [7, 11) is 0. The molecule has 4 nitrogen and oxygen atoms in total. The first-order valence-electron chi connectivity index (χ1n) is 6.92. The summed E-state index contributed by atoms with van der Waals surface area (Å²) in [5.41, 5.74) is 0. The molecule has 0 N–H and O–H groups in total. The van der Waals surface area contributed by atoms with Gasteiger partial charge in [-0.05, 0) is 38.5 Å². The molecule has 2 saturated carbocycles. The van der Waals surface area contributed by atoms with Gasteiger partial charge in [-0.2, -0.15) is 0 Å². The van der Waals surface area contributed by atoms with Crippen molar-refractivity contribution in [3.8, 4) is 0 Å². The first-order chi connectivity index (χ1) is 8.81. The van der Waals surface area contributed by atoms with Crippen molar-refractivity contribution >= 4 is 15.9 Å². The van der Waals surface area contributed by atoms with Crippen LogP contribution in [0.2, 0.25) is 0 Å². The highest BCUT2D eigenvalue weighted by Gasteiger charge is 2.34. The Labute approximate surface area is 116 Å². The lowest BCUT2D eigenvalue weighted by molar-refractivity contribution is -0.0247. The van der Waals surface area contributed by atoms with Crippen LogP contribution >= 0.6 is 15.9 Å². The molecule has 3 rings (SSSR count). The Balaban J connectivity index is 1.61. The highest BCUT2D eigenvalue weighted by atomic mass is 79.9. The molecule has 1 aromatic heterocycles. The number of hydrogen-bond donors (Lipinski definition) is 0. The van der Waals surface area contributed by atoms with Crippen molar-refractivity contribution in [2.45, 2.75) is 56.5 Å². The molecule has 1 aromatic rings. The lowest BCUT2D eigenvalue weighted by Gasteiger charge is -2.34. The van der Waals surface area contributed by atoms with Gasteiger partial charge in [0.1, 0.15) is 11.6 Å². The summed E-state index contributed by atoms with van der Waals surface area (Å²) in [4.78, 5) is 0. The van der Waals surface area contributed by atoms with Gasteiger partial charge in [0.05, 0.1) is 11.4 Å². The van der Waals surface area contributed by atoms with E-state index < -0.39 is 0 Å². The molecule has 0 saturated heterocycles. The van der Waals surface area contributed by atoms with Crippen LogP contribution in [0.15, 0.2) is 0 Å². The van der Waals surface area contributed by atoms with Crippen LogP contribution in [0.4, 0.5) is 0 Å². The maximum absolute atomic E-state index is 5.61. The quantitative estimate of drug-likeness (QED) is 0.758. The van der Waals surface area contributed by atoms with Crippen LogP contribution < -0.4 is 0 Å². The normalized spacial score (nSPS) is 27.2. The van der Waals surface area contributed by atoms with Crippen molar-refractivity contribution < 1.29 is 4.74 Å². The van der Waals surface area contributed by atoms with E-state index in [0.717, 1.165) is 30.1 Å². The van der Waals surface area contributed by atoms with Crippen LogP contribution in [0, 0.1) is 5.92 Å². The van der Waals surface area contributed by atoms with Gasteiger partial charge in [0.2, 0.25) is 0 Å². The van der Waals surface area contributed by atoms with Crippen LogP contribution in [0.25, 0.3) is 0 Å². The van der Waals surface area contributed by atoms with Gasteiger partial charge in [-0.3, -0.25) is 0 Å². The average molecular weight is 314 g/mol. The molecule has 5 heteroatoms. The number of alkyl halides is 1. The molecule has 0 bridgehead atoms. The van der Waals surface area contributed by atoms with Crippen molar-refractivity contribution in [2.75, 3.05) is 6.61 Å². The van der Waals surface area contributed by atoms with Crippen LogP contribution in [0.3, 0.4) is 0 Å². The van der Waals surface area contributed by atoms with E-state index in [-0.39, 0.29) is 0 Å². The molecule has 0 radical (unpaired) electrons. The number of aromatic nitrogens is 3. The van der Waals surface area contributed by atoms with Crippen molar-refractivity contribution in [2.24, 2.45) is 5.92 Å². The minimum Gasteiger partial charge on any atom is -0.378 e. The highest BCUT2D eigenvalue weighted by molar-refractivity contribution is 9.08. The third-order valence-electron chi connectivity index (χ3n) is 3.93. The third-order valence-corrected chi connectivity index (χ3v) is 4.44. The van der Waals surface area contributed by atoms with E-state index in [4.69, 9.17) is 4.74 Å². The zero-order valence-electron chi connectivity index (χ0n) is 10.8. The SMILES string of the molecule is CCOC1CC(Cc2nnc(CBr)n2C2CC2)C1. The summed E-state index contributed by atoms with van der Waals surface area (Å²) in [6, 6.07) is 0.672. The number of ether oxygens (including phenoxy) is 1. The smallest absolute Gasteiger partial charge is 0.143 e. The number of hydrogen-bond acceptors (Lipinski definition) is 3. The lowest BCUT2D eigenvalue weighted by atomic mass is 9.80. The predicted octanol–water partition coefficient (Wildman–Crippen LogP) is 2.87. The molecule has 2 fully saturated rings. The second-order valence-corrected chi connectivity index (χ2v) is 5.95. The fraction of sp³-hybridized carbons (Fsp3) is 0.846. The molecule has 0 aromatic carbocycles. The molecule has 2 aliphatic carbocycles. The zero-order chi connectivity index (χ0) is 12.5. The molecule has 0 aliphatic heterocycles. The van der Waals surface area contributed by atoms with E-state index in [2.05, 4.69) is 37.6 Å². The Morgan fingerprint density at radius 1 is 1.28 bits per heavy atom. The number of halogens is 1. The van der Waals surface area contributed by atoms with E-state index in [9.17, 15) is 0 Å². The van der Waals surface area contributed by atoms with Gasteiger partial charge in [-0.15, -0.1) is 10.2 Å². The Bertz CT molecular complexity index is 410. The van der Waals surface area contributed by atoms with Gasteiger partial charge in [0, 0.05) is 19.1 Å². The van der Waals surface area contributed by atoms with E-state index in [1.54, 1.807) is 0 Å². The van der Waals surface area contributed by atoms with Crippen LogP contribution in [0.1, 0.15) is 50.3 Å². The standard InChI is InChI=1S/C13H20BrN3O/c1-2-18-11-5-9(6-11)7-12-15-16-13(8-14)17(12)10-3-4-10/h9-11H,2-8H2,1H3. The van der Waals surface area contributed by atoms with E-state index in [0.29, 0.717) is 12.1 Å². The summed E-state index contributed by atoms with van der Waals surface area (Å²) in [6.07, 6.45) is 6.52. The Hall–Kier alpha value is -0.420. The topological polar surface area (TPSA) is 39.9 Å². The molecule has 2 aliphatic rings. The van der Waals surface area contributed by atoms with Crippen LogP contribution in [-0.4, -0.2) is 27.5 Å². The van der Waals surface area contributed by atoms with Gasteiger partial charge in [-0.25, -0.2) is 0 Å². The number of nitrogens with zero attached hydrogens (tertiary/aromatic N) is 3. The molecule has 18 heavy (non-hydrogen) atoms. The molecule has 0 spiro atoms. The fourth-order valence-electron chi connectivity index (χ4n) is 2.82. The Morgan fingerprint density at radius 3 is 2.61 bits per heavy atom. The first kappa shape index (κ1) is 12.6. The second-order valence-electron chi connectivity index (χ2n) is 5.39. The summed E-state index contributed by atoms with van der Waals surface area (Å²) in [5.74, 6) is 3.02. The van der Waals surface area contributed by atoms with Crippen LogP contribution in [-0.2, 0) is 16.5 Å². The highest BCUT2D eigenvalue weighted by Crippen LogP contribution is 2.39. The van der Waals surface area contributed by atoms with E-state index in [1.807, 2.05) is 0 Å². The maximum Gasteiger partial charge on any atom is 0.143 e. The lowest BCUT2D eigenvalue weighted by Crippen LogP contribution is -2.33. The molecule has 0 unspecified atom stereocenters. The minimum absolute atomic E-state index is 0.493. The summed E-state index contributed by atoms with van der Waals surface area (Å²) < 4.78 is 7.98. The molecular formula is C13H20BrN3O. The molecule has 1 heterocycles. The van der Waals surface area contributed by atoms with Gasteiger partial charge >= 0.3 is 0 Å². The molecule has 100 valence electrons.